The first kappa shape index (κ1) is 23.0. The van der Waals surface area contributed by atoms with E-state index in [-0.39, 0.29) is 0 Å². The van der Waals surface area contributed by atoms with E-state index in [1.54, 1.807) is 0 Å². The predicted octanol–water partition coefficient (Wildman–Crippen LogP) is 5.60. The highest BCUT2D eigenvalue weighted by Gasteiger charge is 2.25. The van der Waals surface area contributed by atoms with Crippen LogP contribution in [0.1, 0.15) is 44.2 Å². The summed E-state index contributed by atoms with van der Waals surface area (Å²) in [6.45, 7) is 3.25. The Morgan fingerprint density at radius 2 is 1.94 bits per heavy atom. The molecule has 0 spiro atoms. The number of aromatic amines is 1. The number of likely N-dealkylation sites (tertiary alicyclic amines) is 1. The number of anilines is 1. The minimum Gasteiger partial charge on any atom is -0.457 e. The molecule has 2 aromatic carbocycles. The number of ether oxygens (including phenoxy) is 1. The molecule has 2 fully saturated rings. The summed E-state index contributed by atoms with van der Waals surface area (Å²) >= 11 is 1.87. The minimum atomic E-state index is 0.348. The largest absolute Gasteiger partial charge is 0.457 e. The van der Waals surface area contributed by atoms with Gasteiger partial charge in [0.15, 0.2) is 0 Å². The van der Waals surface area contributed by atoms with Crippen molar-refractivity contribution in [3.05, 3.63) is 54.2 Å². The standard InChI is InChI=1S/C28H35N5OS/c29-20-10-12-33(17-20)13-11-22-18-35-28(31-22)26-15-19-14-24(34-23-8-2-1-3-9-23)16-25(27(19)32-26)30-21-6-4-5-7-21/h1-3,8-9,14-16,20-22,30,32H,4-7,10-13,17-18,29H2/t20-,22-/m0/s1. The van der Waals surface area contributed by atoms with Gasteiger partial charge in [-0.1, -0.05) is 31.0 Å². The summed E-state index contributed by atoms with van der Waals surface area (Å²) in [5.74, 6) is 2.77. The monoisotopic (exact) mass is 489 g/mol. The van der Waals surface area contributed by atoms with E-state index >= 15 is 0 Å². The molecule has 184 valence electrons. The zero-order valence-corrected chi connectivity index (χ0v) is 21.0. The molecule has 4 N–H and O–H groups in total. The molecule has 1 saturated carbocycles. The summed E-state index contributed by atoms with van der Waals surface area (Å²) < 4.78 is 6.23. The third kappa shape index (κ3) is 5.37. The molecular weight excluding hydrogens is 454 g/mol. The van der Waals surface area contributed by atoms with Gasteiger partial charge in [0.2, 0.25) is 0 Å². The highest BCUT2D eigenvalue weighted by Crippen LogP contribution is 2.36. The normalized spacial score (nSPS) is 23.3. The van der Waals surface area contributed by atoms with Gasteiger partial charge in [0.25, 0.3) is 0 Å². The highest BCUT2D eigenvalue weighted by molar-refractivity contribution is 8.14. The van der Waals surface area contributed by atoms with Crippen LogP contribution >= 0.6 is 11.8 Å². The second-order valence-corrected chi connectivity index (χ2v) is 11.2. The van der Waals surface area contributed by atoms with E-state index in [0.717, 1.165) is 77.1 Å². The molecule has 0 bridgehead atoms. The summed E-state index contributed by atoms with van der Waals surface area (Å²) in [6.07, 6.45) is 7.28. The van der Waals surface area contributed by atoms with Gasteiger partial charge in [0.1, 0.15) is 16.5 Å². The lowest BCUT2D eigenvalue weighted by molar-refractivity contribution is 0.322. The molecule has 1 aromatic heterocycles. The van der Waals surface area contributed by atoms with E-state index in [0.29, 0.717) is 18.1 Å². The first-order valence-corrected chi connectivity index (χ1v) is 14.0. The number of para-hydroxylation sites is 1. The second-order valence-electron chi connectivity index (χ2n) is 10.2. The maximum absolute atomic E-state index is 6.23. The quantitative estimate of drug-likeness (QED) is 0.384. The third-order valence-electron chi connectivity index (χ3n) is 7.43. The number of hydrogen-bond donors (Lipinski definition) is 3. The van der Waals surface area contributed by atoms with E-state index < -0.39 is 0 Å². The molecule has 3 heterocycles. The van der Waals surface area contributed by atoms with Crippen LogP contribution in [0.3, 0.4) is 0 Å². The van der Waals surface area contributed by atoms with Crippen molar-refractivity contribution in [3.8, 4) is 11.5 Å². The van der Waals surface area contributed by atoms with Gasteiger partial charge in [-0.05, 0) is 56.5 Å². The van der Waals surface area contributed by atoms with Crippen LogP contribution in [0, 0.1) is 0 Å². The number of nitrogens with zero attached hydrogens (tertiary/aromatic N) is 2. The number of fused-ring (bicyclic) bond motifs is 1. The summed E-state index contributed by atoms with van der Waals surface area (Å²) in [7, 11) is 0. The second kappa shape index (κ2) is 10.2. The molecule has 3 aromatic rings. The molecule has 2 atom stereocenters. The number of aromatic nitrogens is 1. The van der Waals surface area contributed by atoms with Crippen molar-refractivity contribution in [3.63, 3.8) is 0 Å². The molecule has 2 aliphatic heterocycles. The molecule has 6 nitrogen and oxygen atoms in total. The maximum atomic E-state index is 6.23. The summed E-state index contributed by atoms with van der Waals surface area (Å²) in [4.78, 5) is 11.3. The lowest BCUT2D eigenvalue weighted by atomic mass is 10.1. The topological polar surface area (TPSA) is 78.7 Å². The van der Waals surface area contributed by atoms with Gasteiger partial charge in [-0.25, -0.2) is 0 Å². The number of aliphatic imine (C=N–C) groups is 1. The fourth-order valence-electron chi connectivity index (χ4n) is 5.53. The van der Waals surface area contributed by atoms with Gasteiger partial charge in [-0.3, -0.25) is 4.99 Å². The molecule has 3 aliphatic rings. The van der Waals surface area contributed by atoms with E-state index in [4.69, 9.17) is 15.5 Å². The number of thioether (sulfide) groups is 1. The zero-order valence-electron chi connectivity index (χ0n) is 20.2. The molecule has 1 aliphatic carbocycles. The van der Waals surface area contributed by atoms with Crippen molar-refractivity contribution in [2.24, 2.45) is 10.7 Å². The lowest BCUT2D eigenvalue weighted by Crippen LogP contribution is -2.28. The average molecular weight is 490 g/mol. The summed E-state index contributed by atoms with van der Waals surface area (Å²) in [5.41, 5.74) is 9.45. The van der Waals surface area contributed by atoms with Crippen molar-refractivity contribution in [1.29, 1.82) is 0 Å². The molecule has 0 amide bonds. The first-order chi connectivity index (χ1) is 17.2. The Hall–Kier alpha value is -2.48. The van der Waals surface area contributed by atoms with Gasteiger partial charge >= 0.3 is 0 Å². The van der Waals surface area contributed by atoms with Crippen LogP contribution in [0.25, 0.3) is 10.9 Å². The fourth-order valence-corrected chi connectivity index (χ4v) is 6.61. The molecule has 35 heavy (non-hydrogen) atoms. The number of benzene rings is 2. The van der Waals surface area contributed by atoms with Crippen LogP contribution in [-0.4, -0.2) is 58.4 Å². The molecule has 7 heteroatoms. The molecule has 0 unspecified atom stereocenters. The number of H-pyrrole nitrogens is 1. The number of nitrogens with one attached hydrogen (secondary N) is 2. The molecule has 6 rings (SSSR count). The number of nitrogens with two attached hydrogens (primary N) is 1. The predicted molar refractivity (Wildman–Crippen MR) is 147 cm³/mol. The zero-order chi connectivity index (χ0) is 23.6. The van der Waals surface area contributed by atoms with Crippen LogP contribution in [0.4, 0.5) is 5.69 Å². The Morgan fingerprint density at radius 1 is 1.09 bits per heavy atom. The van der Waals surface area contributed by atoms with Crippen molar-refractivity contribution < 1.29 is 4.74 Å². The van der Waals surface area contributed by atoms with Crippen LogP contribution < -0.4 is 15.8 Å². The third-order valence-corrected chi connectivity index (χ3v) is 8.58. The van der Waals surface area contributed by atoms with Crippen molar-refractivity contribution in [2.75, 3.05) is 30.7 Å². The Labute approximate surface area is 211 Å². The smallest absolute Gasteiger partial charge is 0.130 e. The number of rotatable bonds is 8. The highest BCUT2D eigenvalue weighted by atomic mass is 32.2. The lowest BCUT2D eigenvalue weighted by Gasteiger charge is -2.16. The van der Waals surface area contributed by atoms with Gasteiger partial charge in [-0.2, -0.15) is 0 Å². The van der Waals surface area contributed by atoms with Crippen LogP contribution in [0.2, 0.25) is 0 Å². The van der Waals surface area contributed by atoms with Crippen molar-refractivity contribution in [1.82, 2.24) is 9.88 Å². The van der Waals surface area contributed by atoms with Crippen LogP contribution in [0.15, 0.2) is 53.5 Å². The van der Waals surface area contributed by atoms with Crippen molar-refractivity contribution in [2.45, 2.75) is 56.7 Å². The fraction of sp³-hybridized carbons (Fsp3) is 0.464. The van der Waals surface area contributed by atoms with E-state index in [2.05, 4.69) is 33.4 Å². The van der Waals surface area contributed by atoms with Gasteiger partial charge < -0.3 is 25.7 Å². The van der Waals surface area contributed by atoms with Gasteiger partial charge in [0.05, 0.1) is 22.9 Å². The Kier molecular flexibility index (Phi) is 6.72. The van der Waals surface area contributed by atoms with E-state index in [1.165, 1.54) is 25.7 Å². The summed E-state index contributed by atoms with van der Waals surface area (Å²) in [5, 5.41) is 6.09. The molecule has 0 radical (unpaired) electrons. The van der Waals surface area contributed by atoms with Gasteiger partial charge in [-0.15, -0.1) is 11.8 Å². The van der Waals surface area contributed by atoms with E-state index in [9.17, 15) is 0 Å². The summed E-state index contributed by atoms with van der Waals surface area (Å²) in [6, 6.07) is 17.8. The van der Waals surface area contributed by atoms with Gasteiger partial charge in [0, 0.05) is 42.4 Å². The molecular formula is C28H35N5OS. The molecule has 1 saturated heterocycles. The Morgan fingerprint density at radius 3 is 2.74 bits per heavy atom. The minimum absolute atomic E-state index is 0.348. The van der Waals surface area contributed by atoms with E-state index in [1.807, 2.05) is 42.1 Å². The van der Waals surface area contributed by atoms with Crippen LogP contribution in [0.5, 0.6) is 11.5 Å². The SMILES string of the molecule is N[C@H]1CCN(CC[C@H]2CSC(c3cc4cc(Oc5ccccc5)cc(NC5CCCC5)c4[nH]3)=N2)C1. The Bertz CT molecular complexity index is 1190. The first-order valence-electron chi connectivity index (χ1n) is 13.0. The van der Waals surface area contributed by atoms with Crippen LogP contribution in [-0.2, 0) is 0 Å². The van der Waals surface area contributed by atoms with Crippen molar-refractivity contribution >= 4 is 33.4 Å². The Balaban J connectivity index is 1.23. The average Bonchev–Trinajstić information content (AvgIpc) is 3.66. The maximum Gasteiger partial charge on any atom is 0.130 e. The number of hydrogen-bond acceptors (Lipinski definition) is 6.